The lowest BCUT2D eigenvalue weighted by Gasteiger charge is -2.28. The van der Waals surface area contributed by atoms with E-state index in [9.17, 15) is 0 Å². The SMILES string of the molecule is c1ccc(-c2cc(-c3ccccc3)cc(-c3ccc(N(c4ccc(-c5cc6ccccc6c6ccccc56)cc4)c4ccccc4-c4cccc(-c5cccc6c5c5ccccc5n6-c5ccccc5)c4)cc3)c2)cc1. The number of fused-ring (bicyclic) bond motifs is 6. The van der Waals surface area contributed by atoms with Crippen molar-refractivity contribution in [3.05, 3.63) is 303 Å². The molecule has 1 aromatic heterocycles. The Morgan fingerprint density at radius 1 is 0.237 bits per heavy atom. The standard InChI is InChI=1S/C74H50N2/c1-4-20-51(21-5-1)58-47-59(52-22-6-2-7-23-52)49-60(48-58)53-38-42-62(43-39-53)75(63-44-40-54(41-45-63)70-50-57-24-10-11-29-64(57)67-31-12-13-32-68(67)70)71-35-16-14-30-65(71)55-25-18-26-56(46-55)66-34-19-37-73-74(66)69-33-15-17-36-72(69)76(73)61-27-8-3-9-28-61/h1-50H. The number of para-hydroxylation sites is 3. The van der Waals surface area contributed by atoms with Crippen molar-refractivity contribution in [3.63, 3.8) is 0 Å². The van der Waals surface area contributed by atoms with Crippen LogP contribution < -0.4 is 4.90 Å². The van der Waals surface area contributed by atoms with Gasteiger partial charge in [0, 0.05) is 33.4 Å². The molecule has 0 saturated heterocycles. The van der Waals surface area contributed by atoms with E-state index in [0.717, 1.165) is 39.4 Å². The molecule has 0 saturated carbocycles. The van der Waals surface area contributed by atoms with Gasteiger partial charge in [-0.25, -0.2) is 0 Å². The van der Waals surface area contributed by atoms with E-state index in [1.807, 2.05) is 0 Å². The molecule has 14 aromatic rings. The molecule has 0 amide bonds. The van der Waals surface area contributed by atoms with Gasteiger partial charge in [0.1, 0.15) is 0 Å². The molecule has 2 nitrogen and oxygen atoms in total. The maximum atomic E-state index is 2.43. The van der Waals surface area contributed by atoms with Crippen LogP contribution in [0.1, 0.15) is 0 Å². The summed E-state index contributed by atoms with van der Waals surface area (Å²) < 4.78 is 2.40. The summed E-state index contributed by atoms with van der Waals surface area (Å²) in [4.78, 5) is 2.43. The number of hydrogen-bond acceptors (Lipinski definition) is 1. The number of aromatic nitrogens is 1. The van der Waals surface area contributed by atoms with E-state index in [1.165, 1.54) is 93.4 Å². The van der Waals surface area contributed by atoms with Crippen LogP contribution in [0.15, 0.2) is 303 Å². The van der Waals surface area contributed by atoms with Crippen LogP contribution in [0, 0.1) is 0 Å². The second-order valence-corrected chi connectivity index (χ2v) is 19.6. The van der Waals surface area contributed by atoms with E-state index < -0.39 is 0 Å². The normalized spacial score (nSPS) is 11.4. The topological polar surface area (TPSA) is 8.17 Å². The third kappa shape index (κ3) is 8.01. The summed E-state index contributed by atoms with van der Waals surface area (Å²) in [5, 5.41) is 7.51. The van der Waals surface area contributed by atoms with E-state index in [-0.39, 0.29) is 0 Å². The summed E-state index contributed by atoms with van der Waals surface area (Å²) >= 11 is 0. The predicted molar refractivity (Wildman–Crippen MR) is 323 cm³/mol. The first-order chi connectivity index (χ1) is 37.7. The van der Waals surface area contributed by atoms with Crippen molar-refractivity contribution < 1.29 is 0 Å². The van der Waals surface area contributed by atoms with Crippen LogP contribution in [0.2, 0.25) is 0 Å². The van der Waals surface area contributed by atoms with Crippen LogP contribution in [0.3, 0.4) is 0 Å². The minimum atomic E-state index is 1.07. The third-order valence-corrected chi connectivity index (χ3v) is 15.2. The number of hydrogen-bond donors (Lipinski definition) is 0. The van der Waals surface area contributed by atoms with Gasteiger partial charge in [0.2, 0.25) is 0 Å². The molecule has 0 bridgehead atoms. The summed E-state index contributed by atoms with van der Waals surface area (Å²) in [6.07, 6.45) is 0. The first-order valence-corrected chi connectivity index (χ1v) is 26.2. The Bertz CT molecular complexity index is 4360. The fraction of sp³-hybridized carbons (Fsp3) is 0. The van der Waals surface area contributed by atoms with Gasteiger partial charge in [-0.15, -0.1) is 0 Å². The van der Waals surface area contributed by atoms with Crippen molar-refractivity contribution in [2.24, 2.45) is 0 Å². The van der Waals surface area contributed by atoms with Gasteiger partial charge >= 0.3 is 0 Å². The van der Waals surface area contributed by atoms with Crippen molar-refractivity contribution in [1.82, 2.24) is 4.57 Å². The maximum absolute atomic E-state index is 2.43. The molecule has 76 heavy (non-hydrogen) atoms. The van der Waals surface area contributed by atoms with Gasteiger partial charge in [-0.05, 0) is 168 Å². The number of anilines is 3. The van der Waals surface area contributed by atoms with Crippen LogP contribution in [-0.2, 0) is 0 Å². The molecule has 0 atom stereocenters. The van der Waals surface area contributed by atoms with Gasteiger partial charge in [-0.3, -0.25) is 0 Å². The predicted octanol–water partition coefficient (Wildman–Crippen LogP) is 20.6. The Kier molecular flexibility index (Phi) is 11.2. The quantitative estimate of drug-likeness (QED) is 0.124. The first-order valence-electron chi connectivity index (χ1n) is 26.2. The fourth-order valence-corrected chi connectivity index (χ4v) is 11.6. The van der Waals surface area contributed by atoms with Gasteiger partial charge in [-0.1, -0.05) is 218 Å². The molecule has 0 fully saturated rings. The molecule has 0 spiro atoms. The third-order valence-electron chi connectivity index (χ3n) is 15.2. The Balaban J connectivity index is 0.911. The van der Waals surface area contributed by atoms with E-state index in [1.54, 1.807) is 0 Å². The lowest BCUT2D eigenvalue weighted by molar-refractivity contribution is 1.18. The van der Waals surface area contributed by atoms with Gasteiger partial charge in [0.05, 0.1) is 16.7 Å². The van der Waals surface area contributed by atoms with E-state index >= 15 is 0 Å². The van der Waals surface area contributed by atoms with Crippen LogP contribution in [-0.4, -0.2) is 4.57 Å². The van der Waals surface area contributed by atoms with Gasteiger partial charge in [0.15, 0.2) is 0 Å². The summed E-state index contributed by atoms with van der Waals surface area (Å²) in [5.74, 6) is 0. The number of rotatable bonds is 10. The minimum Gasteiger partial charge on any atom is -0.310 e. The highest BCUT2D eigenvalue weighted by Gasteiger charge is 2.21. The molecule has 0 aliphatic heterocycles. The smallest absolute Gasteiger partial charge is 0.0547 e. The molecule has 13 aromatic carbocycles. The Labute approximate surface area is 443 Å². The lowest BCUT2D eigenvalue weighted by Crippen LogP contribution is -2.11. The summed E-state index contributed by atoms with van der Waals surface area (Å²) in [5.41, 5.74) is 20.9. The highest BCUT2D eigenvalue weighted by molar-refractivity contribution is 6.16. The Morgan fingerprint density at radius 3 is 1.36 bits per heavy atom. The minimum absolute atomic E-state index is 1.07. The second kappa shape index (κ2) is 19.1. The number of benzene rings is 13. The molecular formula is C74H50N2. The van der Waals surface area contributed by atoms with Gasteiger partial charge < -0.3 is 9.47 Å². The highest BCUT2D eigenvalue weighted by Crippen LogP contribution is 2.45. The molecule has 0 aliphatic rings. The zero-order valence-corrected chi connectivity index (χ0v) is 41.8. The molecule has 1 heterocycles. The second-order valence-electron chi connectivity index (χ2n) is 19.6. The van der Waals surface area contributed by atoms with Gasteiger partial charge in [0.25, 0.3) is 0 Å². The fourth-order valence-electron chi connectivity index (χ4n) is 11.6. The highest BCUT2D eigenvalue weighted by atomic mass is 15.1. The summed E-state index contributed by atoms with van der Waals surface area (Å²) in [6, 6.07) is 111. The average Bonchev–Trinajstić information content (AvgIpc) is 3.89. The van der Waals surface area contributed by atoms with Crippen molar-refractivity contribution in [2.75, 3.05) is 4.90 Å². The van der Waals surface area contributed by atoms with E-state index in [4.69, 9.17) is 0 Å². The zero-order valence-electron chi connectivity index (χ0n) is 41.8. The largest absolute Gasteiger partial charge is 0.310 e. The van der Waals surface area contributed by atoms with Crippen molar-refractivity contribution in [2.45, 2.75) is 0 Å². The molecule has 0 unspecified atom stereocenters. The molecule has 14 rings (SSSR count). The monoisotopic (exact) mass is 966 g/mol. The van der Waals surface area contributed by atoms with Crippen molar-refractivity contribution in [3.8, 4) is 72.4 Å². The molecule has 0 N–H and O–H groups in total. The maximum Gasteiger partial charge on any atom is 0.0547 e. The molecule has 2 heteroatoms. The van der Waals surface area contributed by atoms with Crippen molar-refractivity contribution in [1.29, 1.82) is 0 Å². The first kappa shape index (κ1) is 44.7. The van der Waals surface area contributed by atoms with Gasteiger partial charge in [-0.2, -0.15) is 0 Å². The zero-order chi connectivity index (χ0) is 50.4. The summed E-state index contributed by atoms with van der Waals surface area (Å²) in [7, 11) is 0. The lowest BCUT2D eigenvalue weighted by atomic mass is 9.92. The van der Waals surface area contributed by atoms with Crippen LogP contribution in [0.5, 0.6) is 0 Å². The molecular weight excluding hydrogens is 917 g/mol. The molecule has 0 aliphatic carbocycles. The van der Waals surface area contributed by atoms with E-state index in [0.29, 0.717) is 0 Å². The van der Waals surface area contributed by atoms with Crippen LogP contribution >= 0.6 is 0 Å². The number of nitrogens with zero attached hydrogens (tertiary/aromatic N) is 2. The molecule has 0 radical (unpaired) electrons. The summed E-state index contributed by atoms with van der Waals surface area (Å²) in [6.45, 7) is 0. The Morgan fingerprint density at radius 2 is 0.684 bits per heavy atom. The van der Waals surface area contributed by atoms with E-state index in [2.05, 4.69) is 313 Å². The van der Waals surface area contributed by atoms with Crippen molar-refractivity contribution >= 4 is 60.4 Å². The van der Waals surface area contributed by atoms with Crippen LogP contribution in [0.25, 0.3) is 116 Å². The Hall–Kier alpha value is -10.0. The molecule has 356 valence electrons. The average molecular weight is 967 g/mol. The van der Waals surface area contributed by atoms with Crippen LogP contribution in [0.4, 0.5) is 17.1 Å².